The monoisotopic (exact) mass is 325 g/mol. The van der Waals surface area contributed by atoms with Crippen LogP contribution >= 0.6 is 0 Å². The number of anilines is 1. The first kappa shape index (κ1) is 16.5. The van der Waals surface area contributed by atoms with Gasteiger partial charge in [-0.25, -0.2) is 4.98 Å². The zero-order valence-electron chi connectivity index (χ0n) is 14.5. The van der Waals surface area contributed by atoms with E-state index in [0.29, 0.717) is 11.4 Å². The summed E-state index contributed by atoms with van der Waals surface area (Å²) in [6, 6.07) is 7.96. The molecule has 0 spiro atoms. The molecule has 1 fully saturated rings. The van der Waals surface area contributed by atoms with Crippen LogP contribution in [0.15, 0.2) is 30.6 Å². The van der Waals surface area contributed by atoms with E-state index in [-0.39, 0.29) is 23.8 Å². The van der Waals surface area contributed by atoms with Crippen molar-refractivity contribution in [1.82, 2.24) is 14.8 Å². The van der Waals surface area contributed by atoms with Crippen LogP contribution in [0.3, 0.4) is 0 Å². The van der Waals surface area contributed by atoms with E-state index in [0.717, 1.165) is 12.1 Å². The van der Waals surface area contributed by atoms with E-state index in [4.69, 9.17) is 4.74 Å². The van der Waals surface area contributed by atoms with Gasteiger partial charge in [0.15, 0.2) is 0 Å². The maximum atomic E-state index is 9.30. The van der Waals surface area contributed by atoms with Crippen LogP contribution in [0.2, 0.25) is 0 Å². The summed E-state index contributed by atoms with van der Waals surface area (Å²) in [5, 5.41) is 17.1. The Bertz CT molecular complexity index is 742. The lowest BCUT2D eigenvalue weighted by atomic mass is 9.82. The number of hydrogen-bond donors (Lipinski definition) is 1. The molecular weight excluding hydrogens is 302 g/mol. The first-order valence-electron chi connectivity index (χ1n) is 8.18. The molecular formula is C18H23N5O. The van der Waals surface area contributed by atoms with Crippen molar-refractivity contribution in [2.24, 2.45) is 0 Å². The van der Waals surface area contributed by atoms with Crippen LogP contribution < -0.4 is 5.32 Å². The van der Waals surface area contributed by atoms with Gasteiger partial charge in [0.05, 0.1) is 29.4 Å². The Labute approximate surface area is 142 Å². The minimum absolute atomic E-state index is 0.0769. The Morgan fingerprint density at radius 1 is 1.38 bits per heavy atom. The van der Waals surface area contributed by atoms with E-state index in [2.05, 4.69) is 42.2 Å². The van der Waals surface area contributed by atoms with E-state index in [1.165, 1.54) is 0 Å². The predicted octanol–water partition coefficient (Wildman–Crippen LogP) is 3.07. The summed E-state index contributed by atoms with van der Waals surface area (Å²) in [6.45, 7) is 8.10. The number of nitriles is 1. The third kappa shape index (κ3) is 3.41. The maximum absolute atomic E-state index is 9.30. The SMILES string of the molecule is Cc1ccc(C#N)c(NC2CC(OC(C)(C)C)C2n2cccn2)n1. The Morgan fingerprint density at radius 2 is 2.17 bits per heavy atom. The zero-order chi connectivity index (χ0) is 17.3. The van der Waals surface area contributed by atoms with Crippen molar-refractivity contribution in [3.63, 3.8) is 0 Å². The topological polar surface area (TPSA) is 75.8 Å². The van der Waals surface area contributed by atoms with Crippen LogP contribution in [-0.2, 0) is 4.74 Å². The summed E-state index contributed by atoms with van der Waals surface area (Å²) in [6.07, 6.45) is 4.65. The molecule has 0 aromatic carbocycles. The van der Waals surface area contributed by atoms with E-state index in [1.807, 2.05) is 29.9 Å². The molecule has 0 bridgehead atoms. The summed E-state index contributed by atoms with van der Waals surface area (Å²) in [5.74, 6) is 0.633. The third-order valence-corrected chi connectivity index (χ3v) is 4.09. The number of aryl methyl sites for hydroxylation is 1. The fraction of sp³-hybridized carbons (Fsp3) is 0.500. The normalized spacial score (nSPS) is 23.4. The van der Waals surface area contributed by atoms with Gasteiger partial charge in [0.2, 0.25) is 0 Å². The average Bonchev–Trinajstić information content (AvgIpc) is 2.98. The van der Waals surface area contributed by atoms with Gasteiger partial charge in [0.1, 0.15) is 11.9 Å². The molecule has 3 atom stereocenters. The summed E-state index contributed by atoms with van der Waals surface area (Å²) in [4.78, 5) is 4.48. The molecule has 2 heterocycles. The first-order valence-corrected chi connectivity index (χ1v) is 8.18. The second-order valence-electron chi connectivity index (χ2n) is 7.19. The first-order chi connectivity index (χ1) is 11.4. The van der Waals surface area contributed by atoms with Crippen molar-refractivity contribution in [2.45, 2.75) is 57.9 Å². The van der Waals surface area contributed by atoms with E-state index >= 15 is 0 Å². The highest BCUT2D eigenvalue weighted by molar-refractivity contribution is 5.53. The van der Waals surface area contributed by atoms with Gasteiger partial charge in [0, 0.05) is 18.1 Å². The van der Waals surface area contributed by atoms with Crippen LogP contribution in [0.5, 0.6) is 0 Å². The second-order valence-corrected chi connectivity index (χ2v) is 7.19. The van der Waals surface area contributed by atoms with Gasteiger partial charge in [-0.05, 0) is 52.3 Å². The fourth-order valence-electron chi connectivity index (χ4n) is 3.05. The Kier molecular flexibility index (Phi) is 4.29. The fourth-order valence-corrected chi connectivity index (χ4v) is 3.05. The maximum Gasteiger partial charge on any atom is 0.144 e. The van der Waals surface area contributed by atoms with Gasteiger partial charge in [-0.15, -0.1) is 0 Å². The van der Waals surface area contributed by atoms with E-state index in [9.17, 15) is 5.26 Å². The molecule has 1 aliphatic carbocycles. The highest BCUT2D eigenvalue weighted by Gasteiger charge is 2.45. The molecule has 2 aromatic heterocycles. The number of nitrogens with one attached hydrogen (secondary N) is 1. The number of rotatable bonds is 4. The minimum Gasteiger partial charge on any atom is -0.370 e. The van der Waals surface area contributed by atoms with Gasteiger partial charge in [-0.2, -0.15) is 10.4 Å². The van der Waals surface area contributed by atoms with Crippen LogP contribution in [0.1, 0.15) is 44.5 Å². The number of ether oxygens (including phenoxy) is 1. The van der Waals surface area contributed by atoms with Crippen molar-refractivity contribution in [3.05, 3.63) is 41.9 Å². The number of aromatic nitrogens is 3. The van der Waals surface area contributed by atoms with Gasteiger partial charge in [-0.1, -0.05) is 0 Å². The number of nitrogens with zero attached hydrogens (tertiary/aromatic N) is 4. The Hall–Kier alpha value is -2.39. The molecule has 3 unspecified atom stereocenters. The smallest absolute Gasteiger partial charge is 0.144 e. The lowest BCUT2D eigenvalue weighted by Crippen LogP contribution is -2.54. The molecule has 1 aliphatic rings. The number of hydrogen-bond acceptors (Lipinski definition) is 5. The average molecular weight is 325 g/mol. The molecule has 3 rings (SSSR count). The highest BCUT2D eigenvalue weighted by atomic mass is 16.5. The van der Waals surface area contributed by atoms with Gasteiger partial charge < -0.3 is 10.1 Å². The Balaban J connectivity index is 1.81. The quantitative estimate of drug-likeness (QED) is 0.935. The van der Waals surface area contributed by atoms with Crippen LogP contribution in [0.25, 0.3) is 0 Å². The van der Waals surface area contributed by atoms with Crippen molar-refractivity contribution >= 4 is 5.82 Å². The molecule has 1 N–H and O–H groups in total. The molecule has 126 valence electrons. The largest absolute Gasteiger partial charge is 0.370 e. The summed E-state index contributed by atoms with van der Waals surface area (Å²) in [5.41, 5.74) is 1.23. The molecule has 0 radical (unpaired) electrons. The lowest BCUT2D eigenvalue weighted by molar-refractivity contribution is -0.126. The zero-order valence-corrected chi connectivity index (χ0v) is 14.5. The molecule has 6 nitrogen and oxygen atoms in total. The second kappa shape index (κ2) is 6.25. The molecule has 2 aromatic rings. The summed E-state index contributed by atoms with van der Waals surface area (Å²) < 4.78 is 8.10. The molecule has 0 amide bonds. The van der Waals surface area contributed by atoms with Crippen molar-refractivity contribution in [1.29, 1.82) is 5.26 Å². The summed E-state index contributed by atoms with van der Waals surface area (Å²) in [7, 11) is 0. The van der Waals surface area contributed by atoms with E-state index < -0.39 is 0 Å². The number of pyridine rings is 1. The van der Waals surface area contributed by atoms with Crippen LogP contribution in [-0.4, -0.2) is 32.5 Å². The standard InChI is InChI=1S/C18H23N5O/c1-12-6-7-13(11-19)17(21-12)22-14-10-15(24-18(2,3)4)16(14)23-9-5-8-20-23/h5-9,14-16H,10H2,1-4H3,(H,21,22). The van der Waals surface area contributed by atoms with E-state index in [1.54, 1.807) is 12.3 Å². The molecule has 6 heteroatoms. The van der Waals surface area contributed by atoms with Crippen LogP contribution in [0.4, 0.5) is 5.82 Å². The van der Waals surface area contributed by atoms with Gasteiger partial charge >= 0.3 is 0 Å². The molecule has 0 saturated heterocycles. The molecule has 1 saturated carbocycles. The highest BCUT2D eigenvalue weighted by Crippen LogP contribution is 2.39. The van der Waals surface area contributed by atoms with Crippen LogP contribution in [0, 0.1) is 18.3 Å². The predicted molar refractivity (Wildman–Crippen MR) is 91.6 cm³/mol. The van der Waals surface area contributed by atoms with Crippen molar-refractivity contribution in [3.8, 4) is 6.07 Å². The minimum atomic E-state index is -0.208. The lowest BCUT2D eigenvalue weighted by Gasteiger charge is -2.47. The molecule has 0 aliphatic heterocycles. The molecule has 24 heavy (non-hydrogen) atoms. The van der Waals surface area contributed by atoms with Crippen molar-refractivity contribution in [2.75, 3.05) is 5.32 Å². The van der Waals surface area contributed by atoms with Crippen molar-refractivity contribution < 1.29 is 4.74 Å². The Morgan fingerprint density at radius 3 is 2.79 bits per heavy atom. The third-order valence-electron chi connectivity index (χ3n) is 4.09. The summed E-state index contributed by atoms with van der Waals surface area (Å²) >= 11 is 0. The van der Waals surface area contributed by atoms with Gasteiger partial charge in [-0.3, -0.25) is 4.68 Å². The van der Waals surface area contributed by atoms with Gasteiger partial charge in [0.25, 0.3) is 0 Å².